The van der Waals surface area contributed by atoms with Crippen LogP contribution in [0.5, 0.6) is 11.5 Å². The van der Waals surface area contributed by atoms with Crippen LogP contribution in [0.1, 0.15) is 10.4 Å². The minimum Gasteiger partial charge on any atom is -0.493 e. The normalized spacial score (nSPS) is 10.3. The molecule has 2 aromatic rings. The Bertz CT molecular complexity index is 460. The second kappa shape index (κ2) is 6.66. The van der Waals surface area contributed by atoms with Gasteiger partial charge in [0, 0.05) is 16.9 Å². The van der Waals surface area contributed by atoms with Gasteiger partial charge in [0.1, 0.15) is 0 Å². The lowest BCUT2D eigenvalue weighted by molar-refractivity contribution is 0.296. The van der Waals surface area contributed by atoms with E-state index >= 15 is 0 Å². The molecule has 0 fully saturated rings. The highest BCUT2D eigenvalue weighted by Gasteiger charge is 2.09. The summed E-state index contributed by atoms with van der Waals surface area (Å²) in [7, 11) is 1.64. The van der Waals surface area contributed by atoms with Crippen LogP contribution in [0.2, 0.25) is 0 Å². The Kier molecular flexibility index (Phi) is 4.90. The summed E-state index contributed by atoms with van der Waals surface area (Å²) in [5, 5.41) is 2.07. The van der Waals surface area contributed by atoms with E-state index in [1.54, 1.807) is 18.4 Å². The maximum Gasteiger partial charge on any atom is 0.165 e. The van der Waals surface area contributed by atoms with E-state index < -0.39 is 0 Å². The number of hydrogen-bond acceptors (Lipinski definition) is 3. The third-order valence-corrected chi connectivity index (χ3v) is 3.82. The zero-order valence-electron chi connectivity index (χ0n) is 10.2. The van der Waals surface area contributed by atoms with Crippen LogP contribution in [-0.4, -0.2) is 13.7 Å². The molecular weight excluding hydrogens is 268 g/mol. The van der Waals surface area contributed by atoms with Crippen molar-refractivity contribution in [1.29, 1.82) is 0 Å². The monoisotopic (exact) mass is 282 g/mol. The first kappa shape index (κ1) is 13.2. The standard InChI is InChI=1S/C14H15ClO2S/c1-16-13-6-2-4-11(10-15)14(13)17-8-7-12-5-3-9-18-12/h2-6,9H,7-8,10H2,1H3. The molecule has 0 aliphatic heterocycles. The van der Waals surface area contributed by atoms with Crippen LogP contribution in [0.15, 0.2) is 35.7 Å². The van der Waals surface area contributed by atoms with Gasteiger partial charge < -0.3 is 9.47 Å². The third-order valence-electron chi connectivity index (χ3n) is 2.60. The minimum atomic E-state index is 0.422. The van der Waals surface area contributed by atoms with Crippen LogP contribution < -0.4 is 9.47 Å². The van der Waals surface area contributed by atoms with Crippen LogP contribution in [0.25, 0.3) is 0 Å². The third kappa shape index (κ3) is 3.18. The van der Waals surface area contributed by atoms with E-state index in [-0.39, 0.29) is 0 Å². The van der Waals surface area contributed by atoms with Crippen molar-refractivity contribution in [2.24, 2.45) is 0 Å². The van der Waals surface area contributed by atoms with E-state index in [0.29, 0.717) is 12.5 Å². The molecule has 0 radical (unpaired) electrons. The first-order chi connectivity index (χ1) is 8.85. The number of para-hydroxylation sites is 1. The zero-order valence-corrected chi connectivity index (χ0v) is 11.8. The Morgan fingerprint density at radius 1 is 1.22 bits per heavy atom. The highest BCUT2D eigenvalue weighted by atomic mass is 35.5. The van der Waals surface area contributed by atoms with Gasteiger partial charge in [-0.15, -0.1) is 22.9 Å². The summed E-state index contributed by atoms with van der Waals surface area (Å²) in [4.78, 5) is 1.32. The molecular formula is C14H15ClO2S. The van der Waals surface area contributed by atoms with E-state index in [0.717, 1.165) is 23.5 Å². The number of hydrogen-bond donors (Lipinski definition) is 0. The van der Waals surface area contributed by atoms with E-state index in [2.05, 4.69) is 11.4 Å². The summed E-state index contributed by atoms with van der Waals surface area (Å²) < 4.78 is 11.1. The van der Waals surface area contributed by atoms with Crippen LogP contribution in [0.4, 0.5) is 0 Å². The predicted molar refractivity (Wildman–Crippen MR) is 76.1 cm³/mol. The van der Waals surface area contributed by atoms with Crippen molar-refractivity contribution >= 4 is 22.9 Å². The lowest BCUT2D eigenvalue weighted by Gasteiger charge is -2.13. The predicted octanol–water partition coefficient (Wildman–Crippen LogP) is 4.12. The van der Waals surface area contributed by atoms with Crippen molar-refractivity contribution < 1.29 is 9.47 Å². The topological polar surface area (TPSA) is 18.5 Å². The molecule has 0 bridgehead atoms. The number of halogens is 1. The van der Waals surface area contributed by atoms with Gasteiger partial charge in [0.05, 0.1) is 19.6 Å². The number of ether oxygens (including phenoxy) is 2. The molecule has 0 amide bonds. The van der Waals surface area contributed by atoms with E-state index in [1.165, 1.54) is 4.88 Å². The number of alkyl halides is 1. The fraction of sp³-hybridized carbons (Fsp3) is 0.286. The van der Waals surface area contributed by atoms with Gasteiger partial charge in [-0.3, -0.25) is 0 Å². The molecule has 0 saturated carbocycles. The molecule has 0 aliphatic carbocycles. The molecule has 0 saturated heterocycles. The fourth-order valence-electron chi connectivity index (χ4n) is 1.70. The van der Waals surface area contributed by atoms with Crippen molar-refractivity contribution in [2.75, 3.05) is 13.7 Å². The highest BCUT2D eigenvalue weighted by molar-refractivity contribution is 7.09. The van der Waals surface area contributed by atoms with Gasteiger partial charge in [0.25, 0.3) is 0 Å². The van der Waals surface area contributed by atoms with Crippen molar-refractivity contribution in [1.82, 2.24) is 0 Å². The summed E-state index contributed by atoms with van der Waals surface area (Å²) in [6, 6.07) is 9.92. The molecule has 0 spiro atoms. The first-order valence-corrected chi connectivity index (χ1v) is 7.13. The molecule has 0 N–H and O–H groups in total. The van der Waals surface area contributed by atoms with Crippen LogP contribution in [0, 0.1) is 0 Å². The number of rotatable bonds is 6. The van der Waals surface area contributed by atoms with Gasteiger partial charge in [0.15, 0.2) is 11.5 Å². The van der Waals surface area contributed by atoms with Crippen LogP contribution >= 0.6 is 22.9 Å². The van der Waals surface area contributed by atoms with Gasteiger partial charge in [-0.1, -0.05) is 18.2 Å². The van der Waals surface area contributed by atoms with Gasteiger partial charge >= 0.3 is 0 Å². The van der Waals surface area contributed by atoms with Crippen LogP contribution in [-0.2, 0) is 12.3 Å². The quantitative estimate of drug-likeness (QED) is 0.742. The van der Waals surface area contributed by atoms with Crippen molar-refractivity contribution in [3.63, 3.8) is 0 Å². The van der Waals surface area contributed by atoms with Crippen LogP contribution in [0.3, 0.4) is 0 Å². The first-order valence-electron chi connectivity index (χ1n) is 5.72. The smallest absolute Gasteiger partial charge is 0.165 e. The lowest BCUT2D eigenvalue weighted by atomic mass is 10.2. The zero-order chi connectivity index (χ0) is 12.8. The Morgan fingerprint density at radius 3 is 2.78 bits per heavy atom. The van der Waals surface area contributed by atoms with Gasteiger partial charge in [-0.2, -0.15) is 0 Å². The molecule has 1 heterocycles. The Morgan fingerprint density at radius 2 is 2.11 bits per heavy atom. The summed E-state index contributed by atoms with van der Waals surface area (Å²) in [6.07, 6.45) is 0.900. The molecule has 1 aromatic carbocycles. The minimum absolute atomic E-state index is 0.422. The maximum atomic E-state index is 5.91. The van der Waals surface area contributed by atoms with E-state index in [9.17, 15) is 0 Å². The van der Waals surface area contributed by atoms with Gasteiger partial charge in [-0.05, 0) is 17.5 Å². The second-order valence-electron chi connectivity index (χ2n) is 3.76. The lowest BCUT2D eigenvalue weighted by Crippen LogP contribution is -2.03. The molecule has 18 heavy (non-hydrogen) atoms. The molecule has 4 heteroatoms. The van der Waals surface area contributed by atoms with Gasteiger partial charge in [-0.25, -0.2) is 0 Å². The number of thiophene rings is 1. The Balaban J connectivity index is 2.03. The summed E-state index contributed by atoms with van der Waals surface area (Å²) >= 11 is 7.65. The largest absolute Gasteiger partial charge is 0.493 e. The van der Waals surface area contributed by atoms with Crippen molar-refractivity contribution in [2.45, 2.75) is 12.3 Å². The average molecular weight is 283 g/mol. The summed E-state index contributed by atoms with van der Waals surface area (Å²) in [5.74, 6) is 1.91. The highest BCUT2D eigenvalue weighted by Crippen LogP contribution is 2.32. The fourth-order valence-corrected chi connectivity index (χ4v) is 2.60. The van der Waals surface area contributed by atoms with E-state index in [1.807, 2.05) is 24.3 Å². The Hall–Kier alpha value is -1.19. The molecule has 1 aromatic heterocycles. The molecule has 2 nitrogen and oxygen atoms in total. The summed E-state index contributed by atoms with van der Waals surface area (Å²) in [5.41, 5.74) is 0.960. The molecule has 0 atom stereocenters. The Labute approximate surface area is 116 Å². The summed E-state index contributed by atoms with van der Waals surface area (Å²) in [6.45, 7) is 0.630. The second-order valence-corrected chi connectivity index (χ2v) is 5.06. The van der Waals surface area contributed by atoms with Crippen molar-refractivity contribution in [3.05, 3.63) is 46.2 Å². The number of benzene rings is 1. The molecule has 0 aliphatic rings. The van der Waals surface area contributed by atoms with Crippen molar-refractivity contribution in [3.8, 4) is 11.5 Å². The number of methoxy groups -OCH3 is 1. The average Bonchev–Trinajstić information content (AvgIpc) is 2.92. The SMILES string of the molecule is COc1cccc(CCl)c1OCCc1cccs1. The van der Waals surface area contributed by atoms with Gasteiger partial charge in [0.2, 0.25) is 0 Å². The molecule has 2 rings (SSSR count). The van der Waals surface area contributed by atoms with E-state index in [4.69, 9.17) is 21.1 Å². The molecule has 96 valence electrons. The molecule has 0 unspecified atom stereocenters. The maximum absolute atomic E-state index is 5.91.